The second-order valence-corrected chi connectivity index (χ2v) is 4.47. The number of H-pyrrole nitrogens is 1. The molecule has 17 heavy (non-hydrogen) atoms. The fourth-order valence-corrected chi connectivity index (χ4v) is 2.22. The molecule has 3 aromatic rings. The number of rotatable bonds is 1. The smallest absolute Gasteiger partial charge is 0.138 e. The molecule has 2 heterocycles. The fourth-order valence-electron chi connectivity index (χ4n) is 1.91. The maximum absolute atomic E-state index is 6.40. The molecular weight excluding hydrogens is 232 g/mol. The summed E-state index contributed by atoms with van der Waals surface area (Å²) in [6.07, 6.45) is 3.66. The van der Waals surface area contributed by atoms with Crippen LogP contribution in [-0.2, 0) is 0 Å². The van der Waals surface area contributed by atoms with Gasteiger partial charge in [0.2, 0.25) is 0 Å². The summed E-state index contributed by atoms with van der Waals surface area (Å²) in [5.41, 5.74) is 4.13. The third kappa shape index (κ3) is 1.71. The number of halogens is 1. The van der Waals surface area contributed by atoms with Crippen LogP contribution >= 0.6 is 11.6 Å². The molecule has 1 N–H and O–H groups in total. The lowest BCUT2D eigenvalue weighted by atomic mass is 10.1. The number of aromatic nitrogens is 2. The molecular formula is C14H11ClN2. The molecule has 0 radical (unpaired) electrons. The van der Waals surface area contributed by atoms with E-state index in [2.05, 4.69) is 41.2 Å². The second kappa shape index (κ2) is 3.90. The SMILES string of the molecule is Cc1ccc(-c2cnc3[nH]ccc3c2Cl)cc1. The lowest BCUT2D eigenvalue weighted by Gasteiger charge is -2.05. The van der Waals surface area contributed by atoms with Crippen molar-refractivity contribution in [2.45, 2.75) is 6.92 Å². The van der Waals surface area contributed by atoms with E-state index in [1.165, 1.54) is 5.56 Å². The first-order valence-corrected chi connectivity index (χ1v) is 5.82. The van der Waals surface area contributed by atoms with Crippen LogP contribution in [0.25, 0.3) is 22.2 Å². The van der Waals surface area contributed by atoms with Gasteiger partial charge in [0.15, 0.2) is 0 Å². The number of fused-ring (bicyclic) bond motifs is 1. The first kappa shape index (κ1) is 10.4. The predicted octanol–water partition coefficient (Wildman–Crippen LogP) is 4.19. The quantitative estimate of drug-likeness (QED) is 0.681. The normalized spacial score (nSPS) is 10.9. The molecule has 0 aliphatic heterocycles. The van der Waals surface area contributed by atoms with E-state index < -0.39 is 0 Å². The first-order chi connectivity index (χ1) is 8.25. The van der Waals surface area contributed by atoms with E-state index in [0.29, 0.717) is 0 Å². The molecule has 3 rings (SSSR count). The predicted molar refractivity (Wildman–Crippen MR) is 71.3 cm³/mol. The van der Waals surface area contributed by atoms with Gasteiger partial charge in [0, 0.05) is 23.3 Å². The minimum Gasteiger partial charge on any atom is -0.346 e. The van der Waals surface area contributed by atoms with Crippen LogP contribution in [-0.4, -0.2) is 9.97 Å². The van der Waals surface area contributed by atoms with Crippen LogP contribution in [0, 0.1) is 6.92 Å². The number of nitrogens with zero attached hydrogens (tertiary/aromatic N) is 1. The lowest BCUT2D eigenvalue weighted by molar-refractivity contribution is 1.32. The Hall–Kier alpha value is -1.80. The number of benzene rings is 1. The van der Waals surface area contributed by atoms with E-state index in [1.54, 1.807) is 0 Å². The van der Waals surface area contributed by atoms with Crippen molar-refractivity contribution in [3.63, 3.8) is 0 Å². The molecule has 0 bridgehead atoms. The maximum Gasteiger partial charge on any atom is 0.138 e. The van der Waals surface area contributed by atoms with Gasteiger partial charge in [-0.3, -0.25) is 0 Å². The van der Waals surface area contributed by atoms with Gasteiger partial charge in [0.05, 0.1) is 5.02 Å². The Morgan fingerprint density at radius 1 is 1.12 bits per heavy atom. The number of nitrogens with one attached hydrogen (secondary N) is 1. The molecule has 0 unspecified atom stereocenters. The molecule has 3 heteroatoms. The monoisotopic (exact) mass is 242 g/mol. The molecule has 0 atom stereocenters. The summed E-state index contributed by atoms with van der Waals surface area (Å²) < 4.78 is 0. The second-order valence-electron chi connectivity index (χ2n) is 4.09. The summed E-state index contributed by atoms with van der Waals surface area (Å²) >= 11 is 6.40. The lowest BCUT2D eigenvalue weighted by Crippen LogP contribution is -1.84. The van der Waals surface area contributed by atoms with Crippen molar-refractivity contribution in [2.24, 2.45) is 0 Å². The summed E-state index contributed by atoms with van der Waals surface area (Å²) in [4.78, 5) is 7.41. The van der Waals surface area contributed by atoms with E-state index in [1.807, 2.05) is 18.5 Å². The Kier molecular flexibility index (Phi) is 2.37. The van der Waals surface area contributed by atoms with Gasteiger partial charge in [0.1, 0.15) is 5.65 Å². The van der Waals surface area contributed by atoms with E-state index in [4.69, 9.17) is 11.6 Å². The first-order valence-electron chi connectivity index (χ1n) is 5.44. The average molecular weight is 243 g/mol. The molecule has 84 valence electrons. The van der Waals surface area contributed by atoms with Gasteiger partial charge < -0.3 is 4.98 Å². The summed E-state index contributed by atoms with van der Waals surface area (Å²) in [5, 5.41) is 1.71. The largest absolute Gasteiger partial charge is 0.346 e. The summed E-state index contributed by atoms with van der Waals surface area (Å²) in [7, 11) is 0. The maximum atomic E-state index is 6.40. The topological polar surface area (TPSA) is 28.7 Å². The number of pyridine rings is 1. The van der Waals surface area contributed by atoms with Crippen molar-refractivity contribution >= 4 is 22.6 Å². The van der Waals surface area contributed by atoms with Crippen LogP contribution < -0.4 is 0 Å². The van der Waals surface area contributed by atoms with Crippen LogP contribution in [0.1, 0.15) is 5.56 Å². The van der Waals surface area contributed by atoms with Crippen LogP contribution in [0.5, 0.6) is 0 Å². The zero-order chi connectivity index (χ0) is 11.8. The molecule has 0 fully saturated rings. The Balaban J connectivity index is 2.23. The van der Waals surface area contributed by atoms with Crippen molar-refractivity contribution < 1.29 is 0 Å². The van der Waals surface area contributed by atoms with E-state index in [0.717, 1.165) is 27.2 Å². The minimum atomic E-state index is 0.750. The molecule has 0 amide bonds. The zero-order valence-electron chi connectivity index (χ0n) is 9.37. The average Bonchev–Trinajstić information content (AvgIpc) is 2.80. The number of hydrogen-bond donors (Lipinski definition) is 1. The van der Waals surface area contributed by atoms with Gasteiger partial charge in [-0.15, -0.1) is 0 Å². The Labute approximate surface area is 104 Å². The molecule has 0 aliphatic rings. The summed E-state index contributed by atoms with van der Waals surface area (Å²) in [5.74, 6) is 0. The van der Waals surface area contributed by atoms with Crippen LogP contribution in [0.3, 0.4) is 0 Å². The van der Waals surface area contributed by atoms with Crippen LogP contribution in [0.2, 0.25) is 5.02 Å². The van der Waals surface area contributed by atoms with E-state index in [-0.39, 0.29) is 0 Å². The highest BCUT2D eigenvalue weighted by atomic mass is 35.5. The highest BCUT2D eigenvalue weighted by molar-refractivity contribution is 6.37. The van der Waals surface area contributed by atoms with E-state index >= 15 is 0 Å². The van der Waals surface area contributed by atoms with Gasteiger partial charge in [0.25, 0.3) is 0 Å². The third-order valence-electron chi connectivity index (χ3n) is 2.88. The summed E-state index contributed by atoms with van der Waals surface area (Å²) in [6, 6.07) is 10.2. The third-order valence-corrected chi connectivity index (χ3v) is 3.29. The molecule has 2 aromatic heterocycles. The van der Waals surface area contributed by atoms with Gasteiger partial charge >= 0.3 is 0 Å². The highest BCUT2D eigenvalue weighted by Crippen LogP contribution is 2.32. The Morgan fingerprint density at radius 3 is 2.65 bits per heavy atom. The number of hydrogen-bond acceptors (Lipinski definition) is 1. The molecule has 1 aromatic carbocycles. The van der Waals surface area contributed by atoms with Crippen molar-refractivity contribution in [1.29, 1.82) is 0 Å². The van der Waals surface area contributed by atoms with Crippen molar-refractivity contribution in [1.82, 2.24) is 9.97 Å². The highest BCUT2D eigenvalue weighted by Gasteiger charge is 2.08. The summed E-state index contributed by atoms with van der Waals surface area (Å²) in [6.45, 7) is 2.07. The van der Waals surface area contributed by atoms with Gasteiger partial charge in [-0.2, -0.15) is 0 Å². The molecule has 0 saturated heterocycles. The molecule has 0 saturated carbocycles. The van der Waals surface area contributed by atoms with Crippen LogP contribution in [0.4, 0.5) is 0 Å². The van der Waals surface area contributed by atoms with Crippen molar-refractivity contribution in [3.05, 3.63) is 53.3 Å². The molecule has 0 aliphatic carbocycles. The minimum absolute atomic E-state index is 0.750. The Bertz CT molecular complexity index is 668. The number of aryl methyl sites for hydroxylation is 1. The van der Waals surface area contributed by atoms with Gasteiger partial charge in [-0.1, -0.05) is 41.4 Å². The number of aromatic amines is 1. The van der Waals surface area contributed by atoms with Gasteiger partial charge in [-0.05, 0) is 18.6 Å². The van der Waals surface area contributed by atoms with Gasteiger partial charge in [-0.25, -0.2) is 4.98 Å². The van der Waals surface area contributed by atoms with Crippen molar-refractivity contribution in [2.75, 3.05) is 0 Å². The zero-order valence-corrected chi connectivity index (χ0v) is 10.1. The molecule has 2 nitrogen and oxygen atoms in total. The molecule has 0 spiro atoms. The fraction of sp³-hybridized carbons (Fsp3) is 0.0714. The van der Waals surface area contributed by atoms with Crippen molar-refractivity contribution in [3.8, 4) is 11.1 Å². The Morgan fingerprint density at radius 2 is 1.88 bits per heavy atom. The standard InChI is InChI=1S/C14H11ClN2/c1-9-2-4-10(5-3-9)12-8-17-14-11(13(12)15)6-7-16-14/h2-8H,1H3,(H,16,17). The van der Waals surface area contributed by atoms with Crippen LogP contribution in [0.15, 0.2) is 42.7 Å². The van der Waals surface area contributed by atoms with E-state index in [9.17, 15) is 0 Å².